The third kappa shape index (κ3) is 12.4. The number of carbonyl (C=O) groups excluding carboxylic acids is 4. The van der Waals surface area contributed by atoms with Gasteiger partial charge in [0.1, 0.15) is 0 Å². The molecule has 0 heterocycles. The van der Waals surface area contributed by atoms with E-state index in [0.717, 1.165) is 0 Å². The van der Waals surface area contributed by atoms with E-state index in [1.165, 1.54) is 0 Å². The van der Waals surface area contributed by atoms with Gasteiger partial charge in [0, 0.05) is 12.8 Å². The first-order chi connectivity index (χ1) is 12.3. The second kappa shape index (κ2) is 11.2. The number of alkyl halides is 6. The van der Waals surface area contributed by atoms with Crippen LogP contribution in [0.25, 0.3) is 0 Å². The predicted octanol–water partition coefficient (Wildman–Crippen LogP) is 2.15. The average molecular weight is 412 g/mol. The number of rotatable bonds is 10. The van der Waals surface area contributed by atoms with Gasteiger partial charge in [-0.1, -0.05) is 6.42 Å². The van der Waals surface area contributed by atoms with Crippen molar-refractivity contribution in [2.45, 2.75) is 44.5 Å². The monoisotopic (exact) mass is 412 g/mol. The lowest BCUT2D eigenvalue weighted by Gasteiger charge is -2.08. The lowest BCUT2D eigenvalue weighted by molar-refractivity contribution is -0.210. The Hall–Kier alpha value is -2.54. The molecule has 0 saturated carbocycles. The van der Waals surface area contributed by atoms with E-state index in [1.54, 1.807) is 0 Å². The fourth-order valence-electron chi connectivity index (χ4n) is 1.32. The fraction of sp³-hybridized carbons (Fsp3) is 0.692. The first-order valence-corrected chi connectivity index (χ1v) is 7.13. The zero-order valence-electron chi connectivity index (χ0n) is 13.5. The van der Waals surface area contributed by atoms with Crippen molar-refractivity contribution in [1.29, 1.82) is 0 Å². The SMILES string of the molecule is O=C(CCCCCC(=O)OCOC(=O)C(F)(F)F)OCOC(=O)C(F)(F)F. The van der Waals surface area contributed by atoms with Crippen molar-refractivity contribution in [2.24, 2.45) is 0 Å². The van der Waals surface area contributed by atoms with Crippen LogP contribution in [-0.4, -0.2) is 49.8 Å². The van der Waals surface area contributed by atoms with Crippen LogP contribution in [0.15, 0.2) is 0 Å². The molecule has 0 spiro atoms. The van der Waals surface area contributed by atoms with Gasteiger partial charge in [0.25, 0.3) is 0 Å². The number of hydrogen-bond acceptors (Lipinski definition) is 8. The van der Waals surface area contributed by atoms with Crippen LogP contribution in [0.4, 0.5) is 26.3 Å². The highest BCUT2D eigenvalue weighted by Gasteiger charge is 2.41. The van der Waals surface area contributed by atoms with Crippen LogP contribution in [0.1, 0.15) is 32.1 Å². The van der Waals surface area contributed by atoms with Crippen LogP contribution in [0, 0.1) is 0 Å². The molecule has 0 aliphatic carbocycles. The van der Waals surface area contributed by atoms with Crippen molar-refractivity contribution in [3.8, 4) is 0 Å². The summed E-state index contributed by atoms with van der Waals surface area (Å²) in [6.07, 6.45) is -10.3. The van der Waals surface area contributed by atoms with Gasteiger partial charge in [0.15, 0.2) is 0 Å². The molecule has 0 amide bonds. The van der Waals surface area contributed by atoms with Gasteiger partial charge in [0.2, 0.25) is 13.6 Å². The smallest absolute Gasteiger partial charge is 0.428 e. The Balaban J connectivity index is 3.67. The summed E-state index contributed by atoms with van der Waals surface area (Å²) in [4.78, 5) is 42.9. The van der Waals surface area contributed by atoms with Gasteiger partial charge >= 0.3 is 36.2 Å². The molecule has 0 rings (SSSR count). The molecule has 0 fully saturated rings. The van der Waals surface area contributed by atoms with E-state index in [0.29, 0.717) is 0 Å². The number of ether oxygens (including phenoxy) is 4. The molecule has 0 saturated heterocycles. The van der Waals surface area contributed by atoms with Gasteiger partial charge in [-0.15, -0.1) is 0 Å². The molecule has 0 aliphatic heterocycles. The first kappa shape index (κ1) is 24.5. The molecular weight excluding hydrogens is 398 g/mol. The van der Waals surface area contributed by atoms with E-state index < -0.39 is 49.8 Å². The van der Waals surface area contributed by atoms with Crippen LogP contribution in [-0.2, 0) is 38.1 Å². The fourth-order valence-corrected chi connectivity index (χ4v) is 1.32. The second-order valence-corrected chi connectivity index (χ2v) is 4.69. The van der Waals surface area contributed by atoms with Crippen molar-refractivity contribution in [3.05, 3.63) is 0 Å². The van der Waals surface area contributed by atoms with E-state index >= 15 is 0 Å². The summed E-state index contributed by atoms with van der Waals surface area (Å²) in [6, 6.07) is 0. The lowest BCUT2D eigenvalue weighted by atomic mass is 10.1. The second-order valence-electron chi connectivity index (χ2n) is 4.69. The minimum Gasteiger partial charge on any atom is -0.428 e. The maximum atomic E-state index is 11.8. The summed E-state index contributed by atoms with van der Waals surface area (Å²) < 4.78 is 86.3. The zero-order valence-corrected chi connectivity index (χ0v) is 13.5. The first-order valence-electron chi connectivity index (χ1n) is 7.13. The molecule has 0 aromatic heterocycles. The summed E-state index contributed by atoms with van der Waals surface area (Å²) >= 11 is 0. The Kier molecular flexibility index (Phi) is 10.2. The predicted molar refractivity (Wildman–Crippen MR) is 69.3 cm³/mol. The van der Waals surface area contributed by atoms with Crippen LogP contribution >= 0.6 is 0 Å². The normalized spacial score (nSPS) is 11.5. The minimum absolute atomic E-state index is 0.169. The average Bonchev–Trinajstić information content (AvgIpc) is 2.52. The standard InChI is InChI=1S/C13H14F6O8/c14-12(15,16)10(22)26-6-24-8(20)4-2-1-3-5-9(21)25-7-27-11(23)13(17,18)19/h1-7H2. The molecule has 0 N–H and O–H groups in total. The molecule has 156 valence electrons. The number of carbonyl (C=O) groups is 4. The Morgan fingerprint density at radius 2 is 0.889 bits per heavy atom. The molecule has 8 nitrogen and oxygen atoms in total. The van der Waals surface area contributed by atoms with Crippen molar-refractivity contribution in [2.75, 3.05) is 13.6 Å². The third-order valence-electron chi connectivity index (χ3n) is 2.54. The Morgan fingerprint density at radius 3 is 1.19 bits per heavy atom. The van der Waals surface area contributed by atoms with Crippen LogP contribution in [0.2, 0.25) is 0 Å². The molecule has 27 heavy (non-hydrogen) atoms. The van der Waals surface area contributed by atoms with E-state index in [-0.39, 0.29) is 32.1 Å². The molecule has 0 aliphatic rings. The zero-order chi connectivity index (χ0) is 21.1. The number of hydrogen-bond donors (Lipinski definition) is 0. The summed E-state index contributed by atoms with van der Waals surface area (Å²) in [5, 5.41) is 0. The molecule has 14 heteroatoms. The molecular formula is C13H14F6O8. The van der Waals surface area contributed by atoms with E-state index in [9.17, 15) is 45.5 Å². The van der Waals surface area contributed by atoms with Gasteiger partial charge in [-0.25, -0.2) is 9.59 Å². The van der Waals surface area contributed by atoms with E-state index in [1.807, 2.05) is 0 Å². The number of halogens is 6. The molecule has 0 atom stereocenters. The highest BCUT2D eigenvalue weighted by molar-refractivity contribution is 5.76. The largest absolute Gasteiger partial charge is 0.491 e. The minimum atomic E-state index is -5.20. The number of esters is 4. The maximum Gasteiger partial charge on any atom is 0.491 e. The molecule has 0 radical (unpaired) electrons. The lowest BCUT2D eigenvalue weighted by Crippen LogP contribution is -2.27. The van der Waals surface area contributed by atoms with E-state index in [4.69, 9.17) is 0 Å². The molecule has 0 aromatic rings. The van der Waals surface area contributed by atoms with E-state index in [2.05, 4.69) is 18.9 Å². The molecule has 0 unspecified atom stereocenters. The Bertz CT molecular complexity index is 482. The summed E-state index contributed by atoms with van der Waals surface area (Å²) in [5.74, 6) is -6.89. The summed E-state index contributed by atoms with van der Waals surface area (Å²) in [7, 11) is 0. The Morgan fingerprint density at radius 1 is 0.556 bits per heavy atom. The third-order valence-corrected chi connectivity index (χ3v) is 2.54. The quantitative estimate of drug-likeness (QED) is 0.233. The van der Waals surface area contributed by atoms with Crippen molar-refractivity contribution in [3.63, 3.8) is 0 Å². The maximum absolute atomic E-state index is 11.8. The van der Waals surface area contributed by atoms with Crippen LogP contribution < -0.4 is 0 Å². The number of unbranched alkanes of at least 4 members (excludes halogenated alkanes) is 2. The van der Waals surface area contributed by atoms with Gasteiger partial charge < -0.3 is 18.9 Å². The van der Waals surface area contributed by atoms with Gasteiger partial charge in [-0.2, -0.15) is 26.3 Å². The van der Waals surface area contributed by atoms with Gasteiger partial charge in [-0.3, -0.25) is 9.59 Å². The summed E-state index contributed by atoms with van der Waals surface area (Å²) in [5.41, 5.74) is 0. The molecule has 0 aromatic carbocycles. The topological polar surface area (TPSA) is 105 Å². The summed E-state index contributed by atoms with van der Waals surface area (Å²) in [6.45, 7) is -2.39. The van der Waals surface area contributed by atoms with Crippen molar-refractivity contribution in [1.82, 2.24) is 0 Å². The van der Waals surface area contributed by atoms with Gasteiger partial charge in [-0.05, 0) is 12.8 Å². The molecule has 0 bridgehead atoms. The highest BCUT2D eigenvalue weighted by Crippen LogP contribution is 2.17. The van der Waals surface area contributed by atoms with Crippen LogP contribution in [0.3, 0.4) is 0 Å². The van der Waals surface area contributed by atoms with Crippen molar-refractivity contribution < 1.29 is 64.5 Å². The highest BCUT2D eigenvalue weighted by atomic mass is 19.4. The van der Waals surface area contributed by atoms with Crippen molar-refractivity contribution >= 4 is 23.9 Å². The Labute approximate surface area is 147 Å². The van der Waals surface area contributed by atoms with Gasteiger partial charge in [0.05, 0.1) is 0 Å². The van der Waals surface area contributed by atoms with Crippen LogP contribution in [0.5, 0.6) is 0 Å².